The summed E-state index contributed by atoms with van der Waals surface area (Å²) in [5, 5.41) is 12.7. The molecule has 0 unspecified atom stereocenters. The molecule has 0 aliphatic rings. The van der Waals surface area contributed by atoms with Crippen LogP contribution in [0.3, 0.4) is 0 Å². The molecule has 0 amide bonds. The van der Waals surface area contributed by atoms with Crippen LogP contribution in [-0.2, 0) is 0 Å². The van der Waals surface area contributed by atoms with Crippen molar-refractivity contribution >= 4 is 29.0 Å². The first-order valence-corrected chi connectivity index (χ1v) is 6.07. The van der Waals surface area contributed by atoms with Crippen molar-refractivity contribution in [1.82, 2.24) is 4.98 Å². The molecule has 1 rings (SSSR count). The number of pyridine rings is 1. The van der Waals surface area contributed by atoms with E-state index in [4.69, 9.17) is 11.8 Å². The summed E-state index contributed by atoms with van der Waals surface area (Å²) >= 11 is 1.40. The fourth-order valence-electron chi connectivity index (χ4n) is 1.45. The number of nitrogens with zero attached hydrogens (tertiary/aromatic N) is 4. The number of nitriles is 1. The van der Waals surface area contributed by atoms with Gasteiger partial charge in [-0.2, -0.15) is 5.26 Å². The third-order valence-corrected chi connectivity index (χ3v) is 2.89. The lowest BCUT2D eigenvalue weighted by molar-refractivity contribution is 1.02. The highest BCUT2D eigenvalue weighted by Gasteiger charge is 2.19. The molecule has 1 aromatic rings. The summed E-state index contributed by atoms with van der Waals surface area (Å²) in [5.41, 5.74) is 1.36. The van der Waals surface area contributed by atoms with E-state index in [2.05, 4.69) is 21.2 Å². The average molecular weight is 247 g/mol. The van der Waals surface area contributed by atoms with E-state index >= 15 is 0 Å². The maximum absolute atomic E-state index is 9.15. The van der Waals surface area contributed by atoms with Gasteiger partial charge in [-0.25, -0.2) is 9.83 Å². The Bertz CT molecular complexity index is 510. The van der Waals surface area contributed by atoms with Crippen LogP contribution in [0.25, 0.3) is 4.85 Å². The number of anilines is 2. The normalized spacial score (nSPS) is 9.29. The topological polar surface area (TPSA) is 56.3 Å². The molecule has 0 atom stereocenters. The van der Waals surface area contributed by atoms with Gasteiger partial charge < -0.3 is 10.2 Å². The molecule has 0 fully saturated rings. The lowest BCUT2D eigenvalue weighted by Gasteiger charge is -2.18. The molecule has 88 valence electrons. The third-order valence-electron chi connectivity index (χ3n) is 2.21. The van der Waals surface area contributed by atoms with Crippen LogP contribution in [0, 0.1) is 17.9 Å². The van der Waals surface area contributed by atoms with Crippen LogP contribution in [0.2, 0.25) is 0 Å². The molecule has 0 radical (unpaired) electrons. The second-order valence-corrected chi connectivity index (χ2v) is 4.21. The van der Waals surface area contributed by atoms with E-state index in [0.717, 1.165) is 0 Å². The van der Waals surface area contributed by atoms with Gasteiger partial charge in [0.1, 0.15) is 16.9 Å². The molecule has 0 aromatic carbocycles. The summed E-state index contributed by atoms with van der Waals surface area (Å²) in [6, 6.07) is 2.10. The highest BCUT2D eigenvalue weighted by Crippen LogP contribution is 2.39. The Hall–Kier alpha value is -1.92. The molecule has 1 N–H and O–H groups in total. The molecule has 0 aliphatic carbocycles. The lowest BCUT2D eigenvalue weighted by atomic mass is 10.2. The Kier molecular flexibility index (Phi) is 4.19. The van der Waals surface area contributed by atoms with E-state index in [9.17, 15) is 0 Å². The van der Waals surface area contributed by atoms with Gasteiger partial charge in [-0.1, -0.05) is 0 Å². The summed E-state index contributed by atoms with van der Waals surface area (Å²) < 4.78 is 0. The smallest absolute Gasteiger partial charge is 0.251 e. The Labute approximate surface area is 105 Å². The monoisotopic (exact) mass is 247 g/mol. The van der Waals surface area contributed by atoms with Gasteiger partial charge in [0.15, 0.2) is 0 Å². The Balaban J connectivity index is 3.70. The first-order chi connectivity index (χ1) is 8.10. The van der Waals surface area contributed by atoms with Crippen molar-refractivity contribution in [2.24, 2.45) is 0 Å². The quantitative estimate of drug-likeness (QED) is 0.656. The summed E-state index contributed by atoms with van der Waals surface area (Å²) in [6.45, 7) is 7.22. The average Bonchev–Trinajstić information content (AvgIpc) is 2.35. The van der Waals surface area contributed by atoms with E-state index in [1.165, 1.54) is 11.8 Å². The van der Waals surface area contributed by atoms with E-state index in [-0.39, 0.29) is 0 Å². The van der Waals surface area contributed by atoms with Gasteiger partial charge in [-0.3, -0.25) is 0 Å². The van der Waals surface area contributed by atoms with Crippen molar-refractivity contribution in [1.29, 1.82) is 5.26 Å². The molecule has 1 heterocycles. The molecule has 6 heteroatoms. The van der Waals surface area contributed by atoms with Crippen LogP contribution < -0.4 is 10.2 Å². The largest absolute Gasteiger partial charge is 0.395 e. The van der Waals surface area contributed by atoms with Crippen LogP contribution in [0.5, 0.6) is 0 Å². The van der Waals surface area contributed by atoms with Gasteiger partial charge in [0.2, 0.25) is 0 Å². The Morgan fingerprint density at radius 3 is 2.53 bits per heavy atom. The Morgan fingerprint density at radius 1 is 1.53 bits per heavy atom. The molecular formula is C11H13N5S. The van der Waals surface area contributed by atoms with Gasteiger partial charge >= 0.3 is 0 Å². The minimum Gasteiger partial charge on any atom is -0.395 e. The van der Waals surface area contributed by atoms with Crippen LogP contribution >= 0.6 is 11.8 Å². The van der Waals surface area contributed by atoms with Gasteiger partial charge in [0, 0.05) is 21.1 Å². The molecule has 0 saturated heterocycles. The van der Waals surface area contributed by atoms with Crippen molar-refractivity contribution in [2.45, 2.75) is 5.03 Å². The maximum Gasteiger partial charge on any atom is 0.251 e. The molecule has 0 bridgehead atoms. The Morgan fingerprint density at radius 2 is 2.18 bits per heavy atom. The number of thioether (sulfide) groups is 1. The van der Waals surface area contributed by atoms with E-state index in [1.807, 2.05) is 20.4 Å². The minimum atomic E-state index is 0.381. The number of hydrogen-bond donors (Lipinski definition) is 1. The predicted octanol–water partition coefficient (Wildman–Crippen LogP) is 2.33. The number of aromatic nitrogens is 1. The number of nitrogens with one attached hydrogen (secondary N) is 1. The molecule has 5 nitrogen and oxygen atoms in total. The van der Waals surface area contributed by atoms with Gasteiger partial charge in [0.05, 0.1) is 17.8 Å². The van der Waals surface area contributed by atoms with Crippen molar-refractivity contribution in [3.63, 3.8) is 0 Å². The number of rotatable bonds is 3. The number of hydrogen-bond acceptors (Lipinski definition) is 5. The zero-order chi connectivity index (χ0) is 13.0. The van der Waals surface area contributed by atoms with Crippen molar-refractivity contribution in [3.05, 3.63) is 17.0 Å². The molecule has 0 spiro atoms. The SMILES string of the molecule is [C-]#[N+]c1c(N(C)C)nc(SC)c(C#N)c1NC. The predicted molar refractivity (Wildman–Crippen MR) is 70.9 cm³/mol. The zero-order valence-electron chi connectivity index (χ0n) is 10.2. The maximum atomic E-state index is 9.15. The van der Waals surface area contributed by atoms with Crippen molar-refractivity contribution in [3.8, 4) is 6.07 Å². The van der Waals surface area contributed by atoms with Crippen molar-refractivity contribution < 1.29 is 0 Å². The van der Waals surface area contributed by atoms with E-state index in [1.54, 1.807) is 11.9 Å². The van der Waals surface area contributed by atoms with Gasteiger partial charge in [-0.05, 0) is 6.26 Å². The second kappa shape index (κ2) is 5.42. The highest BCUT2D eigenvalue weighted by atomic mass is 32.2. The van der Waals surface area contributed by atoms with Gasteiger partial charge in [0.25, 0.3) is 5.69 Å². The third kappa shape index (κ3) is 2.27. The molecule has 0 saturated carbocycles. The molecular weight excluding hydrogens is 234 g/mol. The van der Waals surface area contributed by atoms with Gasteiger partial charge in [-0.15, -0.1) is 11.8 Å². The summed E-state index contributed by atoms with van der Waals surface area (Å²) in [4.78, 5) is 9.60. The molecule has 0 aliphatic heterocycles. The first kappa shape index (κ1) is 13.1. The van der Waals surface area contributed by atoms with Crippen LogP contribution in [0.1, 0.15) is 5.56 Å². The minimum absolute atomic E-state index is 0.381. The van der Waals surface area contributed by atoms with Crippen LogP contribution in [0.15, 0.2) is 5.03 Å². The summed E-state index contributed by atoms with van der Waals surface area (Å²) in [7, 11) is 5.35. The van der Waals surface area contributed by atoms with E-state index < -0.39 is 0 Å². The summed E-state index contributed by atoms with van der Waals surface area (Å²) in [6.07, 6.45) is 1.86. The second-order valence-electron chi connectivity index (χ2n) is 3.41. The van der Waals surface area contributed by atoms with Crippen molar-refractivity contribution in [2.75, 3.05) is 37.6 Å². The fraction of sp³-hybridized carbons (Fsp3) is 0.364. The van der Waals surface area contributed by atoms with Crippen LogP contribution in [0.4, 0.5) is 17.2 Å². The van der Waals surface area contributed by atoms with E-state index in [0.29, 0.717) is 27.8 Å². The fourth-order valence-corrected chi connectivity index (χ4v) is 1.98. The summed E-state index contributed by atoms with van der Waals surface area (Å²) in [5.74, 6) is 0.577. The first-order valence-electron chi connectivity index (χ1n) is 4.85. The molecule has 1 aromatic heterocycles. The van der Waals surface area contributed by atoms with Crippen LogP contribution in [-0.4, -0.2) is 32.4 Å². The highest BCUT2D eigenvalue weighted by molar-refractivity contribution is 7.98. The molecule has 17 heavy (non-hydrogen) atoms. The zero-order valence-corrected chi connectivity index (χ0v) is 11.0. The lowest BCUT2D eigenvalue weighted by Crippen LogP contribution is -2.13. The standard InChI is InChI=1S/C11H13N5S/c1-13-8-7(6-12)11(17-5)15-10(16(3)4)9(8)14-2/h1,3-5H3,(H,13,15).